The van der Waals surface area contributed by atoms with Crippen LogP contribution < -0.4 is 16.4 Å². The Balaban J connectivity index is 2.76. The number of rotatable bonds is 5. The van der Waals surface area contributed by atoms with Crippen molar-refractivity contribution in [3.8, 4) is 0 Å². The van der Waals surface area contributed by atoms with Gasteiger partial charge in [-0.1, -0.05) is 0 Å². The maximum atomic E-state index is 12.9. The van der Waals surface area contributed by atoms with Crippen molar-refractivity contribution in [1.29, 1.82) is 0 Å². The number of urea groups is 1. The minimum absolute atomic E-state index is 0.438. The van der Waals surface area contributed by atoms with Crippen LogP contribution >= 0.6 is 0 Å². The van der Waals surface area contributed by atoms with E-state index in [1.165, 1.54) is 0 Å². The number of amides is 3. The molecule has 21 heavy (non-hydrogen) atoms. The van der Waals surface area contributed by atoms with E-state index in [-0.39, 0.29) is 0 Å². The van der Waals surface area contributed by atoms with Crippen molar-refractivity contribution in [3.63, 3.8) is 0 Å². The first-order chi connectivity index (χ1) is 9.70. The zero-order valence-electron chi connectivity index (χ0n) is 10.3. The number of carbonyl (C=O) groups is 3. The molecule has 1 aromatic rings. The molecule has 3 amide bonds. The highest BCUT2D eigenvalue weighted by atomic mass is 19.2. The Kier molecular flexibility index (Phi) is 5.11. The molecular formula is C11H10F3N3O4. The molecule has 0 aliphatic rings. The summed E-state index contributed by atoms with van der Waals surface area (Å²) in [6.07, 6.45) is -0.672. The quantitative estimate of drug-likeness (QED) is 0.593. The highest BCUT2D eigenvalue weighted by Gasteiger charge is 2.22. The van der Waals surface area contributed by atoms with Gasteiger partial charge in [0.1, 0.15) is 6.04 Å². The number of benzene rings is 1. The van der Waals surface area contributed by atoms with Gasteiger partial charge in [0, 0.05) is 17.8 Å². The summed E-state index contributed by atoms with van der Waals surface area (Å²) in [6.45, 7) is 0. The second-order valence-electron chi connectivity index (χ2n) is 3.91. The SMILES string of the molecule is NC(=O)C[C@H](NC(=O)Nc1cc(F)c(F)c(F)c1)C(=O)O. The van der Waals surface area contributed by atoms with Crippen LogP contribution in [0.4, 0.5) is 23.7 Å². The normalized spacial score (nSPS) is 11.6. The molecule has 0 unspecified atom stereocenters. The number of carbonyl (C=O) groups excluding carboxylic acids is 2. The summed E-state index contributed by atoms with van der Waals surface area (Å²) in [6, 6.07) is -1.77. The van der Waals surface area contributed by atoms with Gasteiger partial charge in [0.2, 0.25) is 5.91 Å². The molecule has 1 aromatic carbocycles. The van der Waals surface area contributed by atoms with Gasteiger partial charge in [0.15, 0.2) is 17.5 Å². The van der Waals surface area contributed by atoms with Crippen molar-refractivity contribution < 1.29 is 32.7 Å². The molecule has 0 fully saturated rings. The summed E-state index contributed by atoms with van der Waals surface area (Å²) in [4.78, 5) is 32.8. The standard InChI is InChI=1S/C11H10F3N3O4/c12-5-1-4(2-6(13)9(5)14)16-11(21)17-7(10(19)20)3-8(15)18/h1-2,7H,3H2,(H2,15,18)(H,19,20)(H2,16,17,21)/t7-/m0/s1. The number of nitrogens with two attached hydrogens (primary N) is 1. The Bertz CT molecular complexity index is 571. The van der Waals surface area contributed by atoms with E-state index in [9.17, 15) is 27.6 Å². The molecule has 0 saturated carbocycles. The van der Waals surface area contributed by atoms with Crippen molar-refractivity contribution >= 4 is 23.6 Å². The number of hydrogen-bond donors (Lipinski definition) is 4. The molecule has 114 valence electrons. The number of halogens is 3. The zero-order chi connectivity index (χ0) is 16.2. The van der Waals surface area contributed by atoms with Crippen LogP contribution in [0.25, 0.3) is 0 Å². The van der Waals surface area contributed by atoms with Gasteiger partial charge in [0.05, 0.1) is 6.42 Å². The average Bonchev–Trinajstić information content (AvgIpc) is 2.34. The molecule has 10 heteroatoms. The largest absolute Gasteiger partial charge is 0.480 e. The van der Waals surface area contributed by atoms with Crippen molar-refractivity contribution in [3.05, 3.63) is 29.6 Å². The molecular weight excluding hydrogens is 295 g/mol. The lowest BCUT2D eigenvalue weighted by atomic mass is 10.2. The lowest BCUT2D eigenvalue weighted by molar-refractivity contribution is -0.140. The van der Waals surface area contributed by atoms with Crippen LogP contribution in [0.5, 0.6) is 0 Å². The van der Waals surface area contributed by atoms with Gasteiger partial charge in [0.25, 0.3) is 0 Å². The number of primary amides is 1. The average molecular weight is 305 g/mol. The molecule has 1 rings (SSSR count). The van der Waals surface area contributed by atoms with Gasteiger partial charge in [-0.25, -0.2) is 22.8 Å². The molecule has 7 nitrogen and oxygen atoms in total. The summed E-state index contributed by atoms with van der Waals surface area (Å²) >= 11 is 0. The van der Waals surface area contributed by atoms with E-state index in [4.69, 9.17) is 10.8 Å². The molecule has 1 atom stereocenters. The van der Waals surface area contributed by atoms with Gasteiger partial charge in [-0.15, -0.1) is 0 Å². The van der Waals surface area contributed by atoms with Crippen molar-refractivity contribution in [2.75, 3.05) is 5.32 Å². The third-order valence-corrected chi connectivity index (χ3v) is 2.25. The van der Waals surface area contributed by atoms with E-state index < -0.39 is 53.5 Å². The number of nitrogens with one attached hydrogen (secondary N) is 2. The van der Waals surface area contributed by atoms with Crippen molar-refractivity contribution in [2.24, 2.45) is 5.73 Å². The van der Waals surface area contributed by atoms with E-state index in [2.05, 4.69) is 0 Å². The van der Waals surface area contributed by atoms with E-state index in [0.29, 0.717) is 12.1 Å². The summed E-state index contributed by atoms with van der Waals surface area (Å²) in [5.41, 5.74) is 4.36. The Morgan fingerprint density at radius 3 is 2.14 bits per heavy atom. The van der Waals surface area contributed by atoms with Crippen LogP contribution in [-0.2, 0) is 9.59 Å². The van der Waals surface area contributed by atoms with Crippen molar-refractivity contribution in [2.45, 2.75) is 12.5 Å². The van der Waals surface area contributed by atoms with Crippen LogP contribution in [0.15, 0.2) is 12.1 Å². The molecule has 0 aliphatic heterocycles. The van der Waals surface area contributed by atoms with E-state index in [1.807, 2.05) is 10.6 Å². The maximum absolute atomic E-state index is 12.9. The van der Waals surface area contributed by atoms with Crippen LogP contribution in [0.1, 0.15) is 6.42 Å². The monoisotopic (exact) mass is 305 g/mol. The number of carboxylic acid groups (broad SMARTS) is 1. The van der Waals surface area contributed by atoms with Crippen LogP contribution in [-0.4, -0.2) is 29.1 Å². The minimum Gasteiger partial charge on any atom is -0.480 e. The zero-order valence-corrected chi connectivity index (χ0v) is 10.3. The topological polar surface area (TPSA) is 122 Å². The molecule has 0 saturated heterocycles. The molecule has 0 aromatic heterocycles. The van der Waals surface area contributed by atoms with Gasteiger partial charge >= 0.3 is 12.0 Å². The van der Waals surface area contributed by atoms with Crippen LogP contribution in [0.2, 0.25) is 0 Å². The lowest BCUT2D eigenvalue weighted by Gasteiger charge is -2.13. The Morgan fingerprint density at radius 1 is 1.19 bits per heavy atom. The number of aliphatic carboxylic acids is 1. The summed E-state index contributed by atoms with van der Waals surface area (Å²) in [5, 5.41) is 12.5. The summed E-state index contributed by atoms with van der Waals surface area (Å²) < 4.78 is 38.5. The van der Waals surface area contributed by atoms with Gasteiger partial charge in [-0.05, 0) is 0 Å². The fourth-order valence-electron chi connectivity index (χ4n) is 1.35. The van der Waals surface area contributed by atoms with E-state index in [0.717, 1.165) is 0 Å². The number of anilines is 1. The Hall–Kier alpha value is -2.78. The van der Waals surface area contributed by atoms with Gasteiger partial charge in [-0.3, -0.25) is 4.79 Å². The second kappa shape index (κ2) is 6.59. The first kappa shape index (κ1) is 16.3. The van der Waals surface area contributed by atoms with Gasteiger partial charge < -0.3 is 21.5 Å². The molecule has 0 bridgehead atoms. The molecule has 0 heterocycles. The Labute approximate surface area is 115 Å². The first-order valence-corrected chi connectivity index (χ1v) is 5.44. The lowest BCUT2D eigenvalue weighted by Crippen LogP contribution is -2.45. The van der Waals surface area contributed by atoms with Crippen LogP contribution in [0, 0.1) is 17.5 Å². The molecule has 0 radical (unpaired) electrons. The van der Waals surface area contributed by atoms with Gasteiger partial charge in [-0.2, -0.15) is 0 Å². The van der Waals surface area contributed by atoms with E-state index in [1.54, 1.807) is 0 Å². The minimum atomic E-state index is -1.71. The molecule has 0 aliphatic carbocycles. The van der Waals surface area contributed by atoms with Crippen LogP contribution in [0.3, 0.4) is 0 Å². The summed E-state index contributed by atoms with van der Waals surface area (Å²) in [7, 11) is 0. The fourth-order valence-corrected chi connectivity index (χ4v) is 1.35. The predicted molar refractivity (Wildman–Crippen MR) is 63.7 cm³/mol. The van der Waals surface area contributed by atoms with Crippen molar-refractivity contribution in [1.82, 2.24) is 5.32 Å². The first-order valence-electron chi connectivity index (χ1n) is 5.44. The second-order valence-corrected chi connectivity index (χ2v) is 3.91. The highest BCUT2D eigenvalue weighted by Crippen LogP contribution is 2.17. The smallest absolute Gasteiger partial charge is 0.326 e. The molecule has 0 spiro atoms. The third-order valence-electron chi connectivity index (χ3n) is 2.25. The third kappa shape index (κ3) is 4.67. The summed E-state index contributed by atoms with van der Waals surface area (Å²) in [5.74, 6) is -7.27. The highest BCUT2D eigenvalue weighted by molar-refractivity contribution is 5.93. The number of carboxylic acids is 1. The maximum Gasteiger partial charge on any atom is 0.326 e. The predicted octanol–water partition coefficient (Wildman–Crippen LogP) is 0.554. The fraction of sp³-hybridized carbons (Fsp3) is 0.182. The molecule has 5 N–H and O–H groups in total. The van der Waals surface area contributed by atoms with E-state index >= 15 is 0 Å². The number of hydrogen-bond acceptors (Lipinski definition) is 3. The Morgan fingerprint density at radius 2 is 1.71 bits per heavy atom.